The minimum atomic E-state index is -0.728. The molecule has 5 aliphatic rings. The lowest BCUT2D eigenvalue weighted by atomic mass is 9.38. The Kier molecular flexibility index (Phi) is 5.25. The molecule has 1 heterocycles. The van der Waals surface area contributed by atoms with Crippen molar-refractivity contribution in [1.82, 2.24) is 0 Å². The summed E-state index contributed by atoms with van der Waals surface area (Å²) in [6.07, 6.45) is 17.1. The van der Waals surface area contributed by atoms with Gasteiger partial charge in [-0.15, -0.1) is 0 Å². The highest BCUT2D eigenvalue weighted by atomic mass is 16.5. The molecule has 3 saturated carbocycles. The van der Waals surface area contributed by atoms with Crippen molar-refractivity contribution in [2.45, 2.75) is 111 Å². The van der Waals surface area contributed by atoms with Crippen LogP contribution in [0.5, 0.6) is 0 Å². The van der Waals surface area contributed by atoms with E-state index in [4.69, 9.17) is 4.74 Å². The van der Waals surface area contributed by atoms with Crippen molar-refractivity contribution in [2.75, 3.05) is 6.61 Å². The van der Waals surface area contributed by atoms with Crippen molar-refractivity contribution in [2.24, 2.45) is 45.3 Å². The molecule has 0 radical (unpaired) electrons. The first-order chi connectivity index (χ1) is 15.2. The fraction of sp³-hybridized carbons (Fsp3) is 0.867. The lowest BCUT2D eigenvalue weighted by Gasteiger charge is -2.65. The monoisotopic (exact) mass is 456 g/mol. The topological polar surface area (TPSA) is 49.7 Å². The summed E-state index contributed by atoms with van der Waals surface area (Å²) in [6.45, 7) is 16.7. The summed E-state index contributed by atoms with van der Waals surface area (Å²) in [4.78, 5) is 0. The van der Waals surface area contributed by atoms with Crippen molar-refractivity contribution in [3.63, 3.8) is 0 Å². The maximum absolute atomic E-state index is 10.9. The fourth-order valence-corrected chi connectivity index (χ4v) is 9.93. The summed E-state index contributed by atoms with van der Waals surface area (Å²) in [7, 11) is 0. The second-order valence-corrected chi connectivity index (χ2v) is 14.3. The van der Waals surface area contributed by atoms with Crippen molar-refractivity contribution >= 4 is 0 Å². The van der Waals surface area contributed by atoms with Gasteiger partial charge in [0.2, 0.25) is 0 Å². The van der Waals surface area contributed by atoms with Crippen molar-refractivity contribution < 1.29 is 14.9 Å². The van der Waals surface area contributed by atoms with Crippen LogP contribution in [0.1, 0.15) is 93.4 Å². The van der Waals surface area contributed by atoms with E-state index in [1.54, 1.807) is 0 Å². The van der Waals surface area contributed by atoms with Crippen LogP contribution in [0.15, 0.2) is 24.3 Å². The molecule has 2 bridgehead atoms. The minimum Gasteiger partial charge on any atom is -0.392 e. The fourth-order valence-electron chi connectivity index (χ4n) is 9.93. The molecule has 3 heteroatoms. The van der Waals surface area contributed by atoms with E-state index in [9.17, 15) is 10.2 Å². The zero-order valence-corrected chi connectivity index (χ0v) is 22.2. The Morgan fingerprint density at radius 3 is 2.48 bits per heavy atom. The molecular formula is C30H48O3. The Labute approximate surface area is 202 Å². The number of fused-ring (bicyclic) bond motifs is 2. The first kappa shape index (κ1) is 24.1. The highest BCUT2D eigenvalue weighted by Crippen LogP contribution is 2.77. The van der Waals surface area contributed by atoms with Crippen molar-refractivity contribution in [3.8, 4) is 0 Å². The van der Waals surface area contributed by atoms with Crippen molar-refractivity contribution in [3.05, 3.63) is 24.3 Å². The van der Waals surface area contributed by atoms with E-state index in [-0.39, 0.29) is 22.5 Å². The molecule has 0 amide bonds. The second-order valence-electron chi connectivity index (χ2n) is 14.3. The van der Waals surface area contributed by atoms with Gasteiger partial charge in [-0.2, -0.15) is 0 Å². The smallest absolute Gasteiger partial charge is 0.0972 e. The van der Waals surface area contributed by atoms with Crippen LogP contribution in [0.4, 0.5) is 0 Å². The van der Waals surface area contributed by atoms with Gasteiger partial charge < -0.3 is 14.9 Å². The van der Waals surface area contributed by atoms with Crippen LogP contribution in [-0.2, 0) is 4.74 Å². The predicted molar refractivity (Wildman–Crippen MR) is 134 cm³/mol. The number of aliphatic hydroxyl groups excluding tert-OH is 1. The molecular weight excluding hydrogens is 408 g/mol. The van der Waals surface area contributed by atoms with E-state index in [1.165, 1.54) is 25.7 Å². The van der Waals surface area contributed by atoms with Gasteiger partial charge in [0, 0.05) is 16.7 Å². The lowest BCUT2D eigenvalue weighted by Crippen LogP contribution is -2.64. The molecule has 9 atom stereocenters. The predicted octanol–water partition coefficient (Wildman–Crippen LogP) is 6.29. The molecule has 2 N–H and O–H groups in total. The SMILES string of the molecule is C[C@H](CC=CC(C)(C)O)[C@H]1CC[C@@]2(C)[C@@H]3C=C[C@@]45OC[C@]3(CC[C@]12C)[C@@H]4CC[C@H](O)C5(C)C. The molecule has 4 fully saturated rings. The normalized spacial score (nSPS) is 51.3. The molecule has 0 aromatic rings. The van der Waals surface area contributed by atoms with Gasteiger partial charge in [0.15, 0.2) is 0 Å². The third kappa shape index (κ3) is 2.97. The van der Waals surface area contributed by atoms with E-state index in [0.717, 1.165) is 31.8 Å². The van der Waals surface area contributed by atoms with Crippen LogP contribution in [-0.4, -0.2) is 34.1 Å². The van der Waals surface area contributed by atoms with Gasteiger partial charge in [0.25, 0.3) is 0 Å². The third-order valence-electron chi connectivity index (χ3n) is 12.1. The van der Waals surface area contributed by atoms with Gasteiger partial charge in [-0.1, -0.05) is 58.9 Å². The maximum atomic E-state index is 10.9. The van der Waals surface area contributed by atoms with Gasteiger partial charge in [-0.25, -0.2) is 0 Å². The molecule has 1 aliphatic heterocycles. The molecule has 33 heavy (non-hydrogen) atoms. The van der Waals surface area contributed by atoms with Crippen LogP contribution in [0, 0.1) is 45.3 Å². The third-order valence-corrected chi connectivity index (χ3v) is 12.1. The summed E-state index contributed by atoms with van der Waals surface area (Å²) in [6, 6.07) is 0. The van der Waals surface area contributed by atoms with Gasteiger partial charge in [-0.05, 0) is 87.4 Å². The Balaban J connectivity index is 1.47. The molecule has 3 nitrogen and oxygen atoms in total. The van der Waals surface area contributed by atoms with E-state index in [0.29, 0.717) is 28.6 Å². The Morgan fingerprint density at radius 1 is 1.06 bits per heavy atom. The number of rotatable bonds is 4. The van der Waals surface area contributed by atoms with Gasteiger partial charge >= 0.3 is 0 Å². The van der Waals surface area contributed by atoms with Gasteiger partial charge in [-0.3, -0.25) is 0 Å². The number of ether oxygens (including phenoxy) is 1. The average molecular weight is 457 g/mol. The molecule has 0 aromatic heterocycles. The van der Waals surface area contributed by atoms with Crippen LogP contribution in [0.25, 0.3) is 0 Å². The summed E-state index contributed by atoms with van der Waals surface area (Å²) < 4.78 is 6.82. The Bertz CT molecular complexity index is 851. The number of aliphatic hydroxyl groups is 2. The van der Waals surface area contributed by atoms with Crippen LogP contribution < -0.4 is 0 Å². The minimum absolute atomic E-state index is 0.234. The van der Waals surface area contributed by atoms with E-state index >= 15 is 0 Å². The zero-order valence-electron chi connectivity index (χ0n) is 22.2. The lowest BCUT2D eigenvalue weighted by molar-refractivity contribution is -0.168. The first-order valence-electron chi connectivity index (χ1n) is 13.7. The highest BCUT2D eigenvalue weighted by molar-refractivity contribution is 5.33. The second kappa shape index (κ2) is 7.20. The molecule has 5 rings (SSSR count). The summed E-state index contributed by atoms with van der Waals surface area (Å²) >= 11 is 0. The number of hydrogen-bond acceptors (Lipinski definition) is 3. The first-order valence-corrected chi connectivity index (χ1v) is 13.7. The molecule has 1 spiro atoms. The van der Waals surface area contributed by atoms with Crippen LogP contribution in [0.2, 0.25) is 0 Å². The number of allylic oxidation sites excluding steroid dienone is 2. The quantitative estimate of drug-likeness (QED) is 0.488. The Morgan fingerprint density at radius 2 is 1.79 bits per heavy atom. The molecule has 1 saturated heterocycles. The maximum Gasteiger partial charge on any atom is 0.0972 e. The van der Waals surface area contributed by atoms with E-state index < -0.39 is 5.60 Å². The van der Waals surface area contributed by atoms with E-state index in [1.807, 2.05) is 19.9 Å². The highest BCUT2D eigenvalue weighted by Gasteiger charge is 2.75. The largest absolute Gasteiger partial charge is 0.392 e. The molecule has 186 valence electrons. The van der Waals surface area contributed by atoms with Crippen molar-refractivity contribution in [1.29, 1.82) is 0 Å². The summed E-state index contributed by atoms with van der Waals surface area (Å²) in [5.74, 6) is 2.45. The zero-order chi connectivity index (χ0) is 24.1. The van der Waals surface area contributed by atoms with Crippen LogP contribution >= 0.6 is 0 Å². The number of hydrogen-bond donors (Lipinski definition) is 2. The summed E-state index contributed by atoms with van der Waals surface area (Å²) in [5, 5.41) is 21.0. The van der Waals surface area contributed by atoms with E-state index in [2.05, 4.69) is 52.8 Å². The van der Waals surface area contributed by atoms with Crippen LogP contribution in [0.3, 0.4) is 0 Å². The van der Waals surface area contributed by atoms with Gasteiger partial charge in [0.1, 0.15) is 0 Å². The summed E-state index contributed by atoms with van der Waals surface area (Å²) in [5.41, 5.74) is -0.392. The standard InChI is InChI=1S/C30H48O3/c1-20(9-8-14-25(2,3)32)21-12-15-28(7)22-13-16-30-23(10-11-24(31)26(30,4)5)29(22,19-33-30)18-17-27(21,28)6/h8,13-14,16,20-24,31-32H,9-12,15,17-19H2,1-7H3/t20-,21-,22+,23+,24+,27-,28+,29+,30-/m1/s1. The van der Waals surface area contributed by atoms with Gasteiger partial charge in [0.05, 0.1) is 23.9 Å². The molecule has 0 aromatic carbocycles. The average Bonchev–Trinajstić information content (AvgIpc) is 3.11. The Hall–Kier alpha value is -0.640. The molecule has 4 aliphatic carbocycles. The molecule has 0 unspecified atom stereocenters.